The van der Waals surface area contributed by atoms with Gasteiger partial charge in [-0.05, 0) is 6.07 Å². The lowest BCUT2D eigenvalue weighted by Gasteiger charge is -2.12. The quantitative estimate of drug-likeness (QED) is 0.634. The monoisotopic (exact) mass is 359 g/mol. The molecule has 0 bridgehead atoms. The molecule has 2 heterocycles. The molecule has 10 heteroatoms. The SMILES string of the molecule is CN=C(NCc1nc(C(F)(F)F)cs1)NCc1cccnc1OC. The van der Waals surface area contributed by atoms with E-state index >= 15 is 0 Å². The number of halogens is 3. The number of aromatic nitrogens is 2. The summed E-state index contributed by atoms with van der Waals surface area (Å²) in [7, 11) is 3.10. The van der Waals surface area contributed by atoms with Gasteiger partial charge in [0, 0.05) is 30.7 Å². The van der Waals surface area contributed by atoms with Crippen molar-refractivity contribution in [3.63, 3.8) is 0 Å². The molecule has 2 aromatic rings. The van der Waals surface area contributed by atoms with Crippen molar-refractivity contribution in [2.24, 2.45) is 4.99 Å². The molecule has 2 N–H and O–H groups in total. The van der Waals surface area contributed by atoms with Crippen LogP contribution in [0, 0.1) is 0 Å². The number of aliphatic imine (C=N–C) groups is 1. The first kappa shape index (κ1) is 18.0. The standard InChI is InChI=1S/C14H16F3N5OS/c1-18-13(20-6-9-4-3-5-19-12(9)23-2)21-7-11-22-10(8-24-11)14(15,16)17/h3-5,8H,6-7H2,1-2H3,(H2,18,20,21). The number of ether oxygens (including phenoxy) is 1. The molecule has 0 radical (unpaired) electrons. The Labute approximate surface area is 140 Å². The van der Waals surface area contributed by atoms with Gasteiger partial charge in [0.1, 0.15) is 5.01 Å². The Morgan fingerprint density at radius 2 is 2.08 bits per heavy atom. The molecule has 0 saturated carbocycles. The number of alkyl halides is 3. The zero-order valence-corrected chi connectivity index (χ0v) is 13.8. The molecule has 2 aromatic heterocycles. The number of methoxy groups -OCH3 is 1. The molecule has 0 saturated heterocycles. The molecule has 6 nitrogen and oxygen atoms in total. The number of nitrogens with zero attached hydrogens (tertiary/aromatic N) is 3. The van der Waals surface area contributed by atoms with Crippen LogP contribution in [0.4, 0.5) is 13.2 Å². The third-order valence-electron chi connectivity index (χ3n) is 2.96. The topological polar surface area (TPSA) is 71.4 Å². The predicted octanol–water partition coefficient (Wildman–Crippen LogP) is 2.43. The second kappa shape index (κ2) is 7.95. The first-order valence-corrected chi connectivity index (χ1v) is 7.76. The summed E-state index contributed by atoms with van der Waals surface area (Å²) in [6.45, 7) is 0.549. The van der Waals surface area contributed by atoms with Crippen molar-refractivity contribution in [3.05, 3.63) is 40.0 Å². The first-order chi connectivity index (χ1) is 11.4. The summed E-state index contributed by atoms with van der Waals surface area (Å²) in [5.74, 6) is 0.930. The van der Waals surface area contributed by atoms with E-state index in [2.05, 4.69) is 25.6 Å². The van der Waals surface area contributed by atoms with E-state index in [1.54, 1.807) is 19.3 Å². The molecule has 0 amide bonds. The van der Waals surface area contributed by atoms with Crippen LogP contribution in [0.2, 0.25) is 0 Å². The summed E-state index contributed by atoms with van der Waals surface area (Å²) in [4.78, 5) is 11.7. The zero-order chi connectivity index (χ0) is 17.6. The minimum absolute atomic E-state index is 0.143. The van der Waals surface area contributed by atoms with Crippen LogP contribution in [0.25, 0.3) is 0 Å². The zero-order valence-electron chi connectivity index (χ0n) is 13.0. The number of rotatable bonds is 5. The highest BCUT2D eigenvalue weighted by atomic mass is 32.1. The van der Waals surface area contributed by atoms with Gasteiger partial charge in [0.05, 0.1) is 13.7 Å². The van der Waals surface area contributed by atoms with Gasteiger partial charge in [-0.2, -0.15) is 13.2 Å². The van der Waals surface area contributed by atoms with E-state index in [0.29, 0.717) is 23.4 Å². The number of hydrogen-bond donors (Lipinski definition) is 2. The van der Waals surface area contributed by atoms with E-state index in [4.69, 9.17) is 4.74 Å². The Bertz CT molecular complexity index is 702. The van der Waals surface area contributed by atoms with Crippen molar-refractivity contribution in [2.75, 3.05) is 14.2 Å². The molecule has 0 fully saturated rings. The number of guanidine groups is 1. The number of nitrogens with one attached hydrogen (secondary N) is 2. The second-order valence-corrected chi connectivity index (χ2v) is 5.52. The Morgan fingerprint density at radius 3 is 2.71 bits per heavy atom. The molecular formula is C14H16F3N5OS. The Morgan fingerprint density at radius 1 is 1.33 bits per heavy atom. The lowest BCUT2D eigenvalue weighted by molar-refractivity contribution is -0.140. The summed E-state index contributed by atoms with van der Waals surface area (Å²) in [5.41, 5.74) is -0.0519. The van der Waals surface area contributed by atoms with E-state index in [-0.39, 0.29) is 6.54 Å². The van der Waals surface area contributed by atoms with Crippen molar-refractivity contribution in [1.82, 2.24) is 20.6 Å². The predicted molar refractivity (Wildman–Crippen MR) is 84.9 cm³/mol. The summed E-state index contributed by atoms with van der Waals surface area (Å²) in [6, 6.07) is 3.63. The Balaban J connectivity index is 1.90. The largest absolute Gasteiger partial charge is 0.481 e. The van der Waals surface area contributed by atoms with Crippen molar-refractivity contribution in [2.45, 2.75) is 19.3 Å². The van der Waals surface area contributed by atoms with E-state index in [9.17, 15) is 13.2 Å². The van der Waals surface area contributed by atoms with Crippen LogP contribution in [0.5, 0.6) is 5.88 Å². The molecule has 0 unspecified atom stereocenters. The molecule has 0 aliphatic heterocycles. The fourth-order valence-electron chi connectivity index (χ4n) is 1.82. The molecule has 0 atom stereocenters. The Kier molecular flexibility index (Phi) is 5.96. The fourth-order valence-corrected chi connectivity index (χ4v) is 2.56. The van der Waals surface area contributed by atoms with Gasteiger partial charge in [0.2, 0.25) is 5.88 Å². The average Bonchev–Trinajstić information content (AvgIpc) is 3.04. The summed E-state index contributed by atoms with van der Waals surface area (Å²) in [5, 5.41) is 7.27. The summed E-state index contributed by atoms with van der Waals surface area (Å²) in [6.07, 6.45) is -2.80. The van der Waals surface area contributed by atoms with Gasteiger partial charge in [-0.1, -0.05) is 6.07 Å². The normalized spacial score (nSPS) is 12.1. The number of thiazole rings is 1. The minimum Gasteiger partial charge on any atom is -0.481 e. The maximum Gasteiger partial charge on any atom is 0.434 e. The molecular weight excluding hydrogens is 343 g/mol. The highest BCUT2D eigenvalue weighted by molar-refractivity contribution is 7.09. The summed E-state index contributed by atoms with van der Waals surface area (Å²) >= 11 is 0.943. The molecule has 0 spiro atoms. The lowest BCUT2D eigenvalue weighted by atomic mass is 10.3. The van der Waals surface area contributed by atoms with E-state index < -0.39 is 11.9 Å². The third kappa shape index (κ3) is 4.82. The van der Waals surface area contributed by atoms with Crippen LogP contribution in [0.3, 0.4) is 0 Å². The van der Waals surface area contributed by atoms with E-state index in [0.717, 1.165) is 22.3 Å². The van der Waals surface area contributed by atoms with Crippen LogP contribution < -0.4 is 15.4 Å². The third-order valence-corrected chi connectivity index (χ3v) is 3.81. The van der Waals surface area contributed by atoms with Crippen molar-refractivity contribution in [3.8, 4) is 5.88 Å². The molecule has 24 heavy (non-hydrogen) atoms. The fraction of sp³-hybridized carbons (Fsp3) is 0.357. The second-order valence-electron chi connectivity index (χ2n) is 4.58. The number of pyridine rings is 1. The minimum atomic E-state index is -4.43. The maximum atomic E-state index is 12.5. The smallest absolute Gasteiger partial charge is 0.434 e. The van der Waals surface area contributed by atoms with Gasteiger partial charge >= 0.3 is 6.18 Å². The van der Waals surface area contributed by atoms with E-state index in [1.165, 1.54) is 7.11 Å². The highest BCUT2D eigenvalue weighted by Crippen LogP contribution is 2.29. The average molecular weight is 359 g/mol. The van der Waals surface area contributed by atoms with Gasteiger partial charge in [0.25, 0.3) is 0 Å². The van der Waals surface area contributed by atoms with Gasteiger partial charge in [-0.15, -0.1) is 11.3 Å². The van der Waals surface area contributed by atoms with Gasteiger partial charge in [-0.25, -0.2) is 9.97 Å². The van der Waals surface area contributed by atoms with Crippen LogP contribution in [-0.4, -0.2) is 30.1 Å². The highest BCUT2D eigenvalue weighted by Gasteiger charge is 2.33. The van der Waals surface area contributed by atoms with Crippen LogP contribution in [-0.2, 0) is 19.3 Å². The molecule has 0 aliphatic carbocycles. The van der Waals surface area contributed by atoms with Crippen LogP contribution in [0.1, 0.15) is 16.3 Å². The number of hydrogen-bond acceptors (Lipinski definition) is 5. The lowest BCUT2D eigenvalue weighted by Crippen LogP contribution is -2.36. The van der Waals surface area contributed by atoms with Gasteiger partial charge < -0.3 is 15.4 Å². The summed E-state index contributed by atoms with van der Waals surface area (Å²) < 4.78 is 42.7. The van der Waals surface area contributed by atoms with Gasteiger partial charge in [0.15, 0.2) is 11.7 Å². The Hall–Kier alpha value is -2.36. The van der Waals surface area contributed by atoms with Gasteiger partial charge in [-0.3, -0.25) is 4.99 Å². The van der Waals surface area contributed by atoms with Crippen molar-refractivity contribution >= 4 is 17.3 Å². The van der Waals surface area contributed by atoms with Crippen molar-refractivity contribution < 1.29 is 17.9 Å². The van der Waals surface area contributed by atoms with E-state index in [1.807, 2.05) is 6.07 Å². The molecule has 2 rings (SSSR count). The molecule has 0 aromatic carbocycles. The van der Waals surface area contributed by atoms with Crippen LogP contribution in [0.15, 0.2) is 28.7 Å². The molecule has 130 valence electrons. The first-order valence-electron chi connectivity index (χ1n) is 6.88. The van der Waals surface area contributed by atoms with Crippen molar-refractivity contribution in [1.29, 1.82) is 0 Å². The van der Waals surface area contributed by atoms with Crippen LogP contribution >= 0.6 is 11.3 Å². The maximum absolute atomic E-state index is 12.5. The molecule has 0 aliphatic rings.